The molecule has 0 bridgehead atoms. The molecule has 2 aromatic rings. The highest BCUT2D eigenvalue weighted by Gasteiger charge is 2.40. The average molecular weight is 350 g/mol. The zero-order valence-corrected chi connectivity index (χ0v) is 13.5. The Labute approximate surface area is 142 Å². The number of hydrogen-bond donors (Lipinski definition) is 0. The zero-order valence-electron chi connectivity index (χ0n) is 13.5. The Morgan fingerprint density at radius 3 is 2.16 bits per heavy atom. The molecule has 1 amide bonds. The molecule has 2 aliphatic rings. The summed E-state index contributed by atoms with van der Waals surface area (Å²) in [4.78, 5) is 23.5. The van der Waals surface area contributed by atoms with Crippen LogP contribution >= 0.6 is 0 Å². The Bertz CT molecular complexity index is 811. The number of amides is 1. The molecule has 0 spiro atoms. The summed E-state index contributed by atoms with van der Waals surface area (Å²) in [5, 5.41) is 0. The first-order chi connectivity index (χ1) is 11.9. The smallest absolute Gasteiger partial charge is 0.351 e. The van der Waals surface area contributed by atoms with Crippen molar-refractivity contribution in [2.45, 2.75) is 19.0 Å². The summed E-state index contributed by atoms with van der Waals surface area (Å²) in [6.07, 6.45) is -2.73. The van der Waals surface area contributed by atoms with Crippen molar-refractivity contribution in [3.63, 3.8) is 0 Å². The van der Waals surface area contributed by atoms with Crippen molar-refractivity contribution in [1.29, 1.82) is 0 Å². The number of para-hydroxylation sites is 2. The molecule has 0 atom stereocenters. The summed E-state index contributed by atoms with van der Waals surface area (Å²) < 4.78 is 40.4. The van der Waals surface area contributed by atoms with Gasteiger partial charge in [-0.15, -0.1) is 0 Å². The fraction of sp³-hybridized carbons (Fsp3) is 0.471. The van der Waals surface area contributed by atoms with E-state index in [1.54, 1.807) is 28.0 Å². The Morgan fingerprint density at radius 2 is 1.60 bits per heavy atom. The number of aromatic nitrogens is 2. The zero-order chi connectivity index (χ0) is 17.6. The monoisotopic (exact) mass is 350 g/mol. The second-order valence-corrected chi connectivity index (χ2v) is 6.47. The number of piperazine rings is 1. The number of nitrogens with zero attached hydrogens (tertiary/aromatic N) is 4. The van der Waals surface area contributed by atoms with E-state index in [1.807, 2.05) is 0 Å². The van der Waals surface area contributed by atoms with Gasteiger partial charge in [0.05, 0.1) is 11.0 Å². The molecule has 1 saturated carbocycles. The first-order valence-electron chi connectivity index (χ1n) is 8.31. The summed E-state index contributed by atoms with van der Waals surface area (Å²) in [6, 6.07) is 6.53. The first-order valence-corrected chi connectivity index (χ1v) is 8.31. The summed E-state index contributed by atoms with van der Waals surface area (Å²) in [5.74, 6) is 0.0998. The van der Waals surface area contributed by atoms with Crippen LogP contribution in [0.3, 0.4) is 0 Å². The molecule has 1 aromatic heterocycles. The van der Waals surface area contributed by atoms with Crippen LogP contribution < -0.4 is 4.90 Å². The second kappa shape index (κ2) is 5.86. The SMILES string of the molecule is O=C(C1CC1)N1CCN(c2nc3ccccc3nc2C(F)(F)F)CC1. The van der Waals surface area contributed by atoms with Gasteiger partial charge in [0.15, 0.2) is 11.5 Å². The fourth-order valence-corrected chi connectivity index (χ4v) is 3.13. The van der Waals surface area contributed by atoms with E-state index in [-0.39, 0.29) is 23.2 Å². The molecule has 2 heterocycles. The van der Waals surface area contributed by atoms with Gasteiger partial charge >= 0.3 is 6.18 Å². The Kier molecular flexibility index (Phi) is 3.77. The number of halogens is 3. The predicted octanol–water partition coefficient (Wildman–Crippen LogP) is 2.71. The van der Waals surface area contributed by atoms with Crippen molar-refractivity contribution in [3.8, 4) is 0 Å². The van der Waals surface area contributed by atoms with Gasteiger partial charge in [-0.1, -0.05) is 12.1 Å². The molecule has 1 aromatic carbocycles. The molecule has 25 heavy (non-hydrogen) atoms. The molecular weight excluding hydrogens is 333 g/mol. The van der Waals surface area contributed by atoms with Gasteiger partial charge in [0.25, 0.3) is 0 Å². The van der Waals surface area contributed by atoms with Crippen molar-refractivity contribution in [2.24, 2.45) is 5.92 Å². The van der Waals surface area contributed by atoms with Crippen molar-refractivity contribution < 1.29 is 18.0 Å². The molecule has 1 saturated heterocycles. The highest BCUT2D eigenvalue weighted by Crippen LogP contribution is 2.36. The summed E-state index contributed by atoms with van der Waals surface area (Å²) in [5.41, 5.74) is -0.309. The number of alkyl halides is 3. The molecule has 4 rings (SSSR count). The van der Waals surface area contributed by atoms with Gasteiger partial charge in [-0.25, -0.2) is 9.97 Å². The molecule has 0 radical (unpaired) electrons. The van der Waals surface area contributed by atoms with Crippen molar-refractivity contribution >= 4 is 22.8 Å². The Balaban J connectivity index is 1.63. The molecule has 0 unspecified atom stereocenters. The third-order valence-electron chi connectivity index (χ3n) is 4.64. The Hall–Kier alpha value is -2.38. The van der Waals surface area contributed by atoms with E-state index in [1.165, 1.54) is 6.07 Å². The van der Waals surface area contributed by atoms with Crippen LogP contribution in [0.1, 0.15) is 18.5 Å². The third-order valence-corrected chi connectivity index (χ3v) is 4.64. The van der Waals surface area contributed by atoms with E-state index >= 15 is 0 Å². The van der Waals surface area contributed by atoms with Crippen LogP contribution in [-0.2, 0) is 11.0 Å². The summed E-state index contributed by atoms with van der Waals surface area (Å²) in [6.45, 7) is 1.49. The maximum Gasteiger partial charge on any atom is 0.437 e. The van der Waals surface area contributed by atoms with Gasteiger partial charge in [0.1, 0.15) is 0 Å². The van der Waals surface area contributed by atoms with Gasteiger partial charge in [-0.2, -0.15) is 13.2 Å². The van der Waals surface area contributed by atoms with Crippen molar-refractivity contribution in [3.05, 3.63) is 30.0 Å². The van der Waals surface area contributed by atoms with Crippen LogP contribution in [0, 0.1) is 5.92 Å². The minimum atomic E-state index is -4.58. The lowest BCUT2D eigenvalue weighted by Gasteiger charge is -2.36. The van der Waals surface area contributed by atoms with E-state index in [0.717, 1.165) is 12.8 Å². The van der Waals surface area contributed by atoms with Gasteiger partial charge in [-0.3, -0.25) is 4.79 Å². The van der Waals surface area contributed by atoms with Gasteiger partial charge in [0, 0.05) is 32.1 Å². The fourth-order valence-electron chi connectivity index (χ4n) is 3.13. The van der Waals surface area contributed by atoms with Gasteiger partial charge in [0.2, 0.25) is 5.91 Å². The van der Waals surface area contributed by atoms with Crippen LogP contribution in [0.15, 0.2) is 24.3 Å². The minimum absolute atomic E-state index is 0.123. The number of carbonyl (C=O) groups excluding carboxylic acids is 1. The van der Waals surface area contributed by atoms with E-state index in [4.69, 9.17) is 0 Å². The number of anilines is 1. The number of rotatable bonds is 2. The van der Waals surface area contributed by atoms with Crippen LogP contribution in [-0.4, -0.2) is 47.0 Å². The summed E-state index contributed by atoms with van der Waals surface area (Å²) >= 11 is 0. The maximum absolute atomic E-state index is 13.5. The lowest BCUT2D eigenvalue weighted by atomic mass is 10.2. The number of fused-ring (bicyclic) bond motifs is 1. The molecule has 132 valence electrons. The lowest BCUT2D eigenvalue weighted by Crippen LogP contribution is -2.50. The standard InChI is InChI=1S/C17H17F3N4O/c18-17(19,20)14-15(22-13-4-2-1-3-12(13)21-14)23-7-9-24(10-8-23)16(25)11-5-6-11/h1-4,11H,5-10H2. The van der Waals surface area contributed by atoms with E-state index in [2.05, 4.69) is 9.97 Å². The molecule has 0 N–H and O–H groups in total. The lowest BCUT2D eigenvalue weighted by molar-refractivity contribution is -0.141. The van der Waals surface area contributed by atoms with E-state index < -0.39 is 11.9 Å². The van der Waals surface area contributed by atoms with E-state index in [9.17, 15) is 18.0 Å². The van der Waals surface area contributed by atoms with Crippen LogP contribution in [0.25, 0.3) is 11.0 Å². The van der Waals surface area contributed by atoms with E-state index in [0.29, 0.717) is 31.7 Å². The number of hydrogen-bond acceptors (Lipinski definition) is 4. The predicted molar refractivity (Wildman–Crippen MR) is 86.1 cm³/mol. The summed E-state index contributed by atoms with van der Waals surface area (Å²) in [7, 11) is 0. The first kappa shape index (κ1) is 16.1. The minimum Gasteiger partial charge on any atom is -0.351 e. The highest BCUT2D eigenvalue weighted by molar-refractivity contribution is 5.81. The largest absolute Gasteiger partial charge is 0.437 e. The Morgan fingerprint density at radius 1 is 1.00 bits per heavy atom. The normalized spacial score (nSPS) is 18.7. The van der Waals surface area contributed by atoms with Crippen molar-refractivity contribution in [1.82, 2.24) is 14.9 Å². The topological polar surface area (TPSA) is 49.3 Å². The molecule has 1 aliphatic carbocycles. The molecule has 1 aliphatic heterocycles. The van der Waals surface area contributed by atoms with Crippen LogP contribution in [0.5, 0.6) is 0 Å². The number of benzene rings is 1. The average Bonchev–Trinajstić information content (AvgIpc) is 3.44. The molecule has 2 fully saturated rings. The van der Waals surface area contributed by atoms with Gasteiger partial charge in [-0.05, 0) is 25.0 Å². The quantitative estimate of drug-likeness (QED) is 0.836. The second-order valence-electron chi connectivity index (χ2n) is 6.47. The van der Waals surface area contributed by atoms with Crippen LogP contribution in [0.4, 0.5) is 19.0 Å². The van der Waals surface area contributed by atoms with Crippen LogP contribution in [0.2, 0.25) is 0 Å². The van der Waals surface area contributed by atoms with Crippen molar-refractivity contribution in [2.75, 3.05) is 31.1 Å². The molecule has 5 nitrogen and oxygen atoms in total. The molecular formula is C17H17F3N4O. The third kappa shape index (κ3) is 3.12. The molecule has 8 heteroatoms. The maximum atomic E-state index is 13.5. The number of carbonyl (C=O) groups is 1. The highest BCUT2D eigenvalue weighted by atomic mass is 19.4. The van der Waals surface area contributed by atoms with Gasteiger partial charge < -0.3 is 9.80 Å².